The van der Waals surface area contributed by atoms with Crippen molar-refractivity contribution in [2.45, 2.75) is 154 Å². The largest absolute Gasteiger partial charge is 0.481 e. The molecule has 0 aromatic heterocycles. The highest BCUT2D eigenvalue weighted by Gasteiger charge is 2.37. The lowest BCUT2D eigenvalue weighted by molar-refractivity contribution is -0.177. The molecule has 0 bridgehead atoms. The second kappa shape index (κ2) is 24.7. The molecule has 0 rings (SSSR count). The molecule has 0 aromatic carbocycles. The van der Waals surface area contributed by atoms with Gasteiger partial charge in [0.05, 0.1) is 55.8 Å². The Labute approximate surface area is 293 Å². The maximum Gasteiger partial charge on any atom is 0.307 e. The van der Waals surface area contributed by atoms with Gasteiger partial charge in [0.1, 0.15) is 12.2 Å². The fraction of sp³-hybridized carbons (Fsp3) is 0.824. The van der Waals surface area contributed by atoms with Crippen LogP contribution in [0.2, 0.25) is 0 Å². The summed E-state index contributed by atoms with van der Waals surface area (Å²) in [5.41, 5.74) is 5.63. The summed E-state index contributed by atoms with van der Waals surface area (Å²) in [7, 11) is 0. The monoisotopic (exact) mass is 721 g/mol. The minimum atomic E-state index is -1.59. The summed E-state index contributed by atoms with van der Waals surface area (Å²) in [4.78, 5) is 71.6. The summed E-state index contributed by atoms with van der Waals surface area (Å²) < 4.78 is 11.4. The Bertz CT molecular complexity index is 1070. The molecule has 0 spiro atoms. The number of esters is 2. The first kappa shape index (κ1) is 46.7. The molecular weight excluding hydrogens is 662 g/mol. The van der Waals surface area contributed by atoms with Crippen LogP contribution < -0.4 is 5.73 Å². The molecule has 9 N–H and O–H groups in total. The van der Waals surface area contributed by atoms with Crippen LogP contribution >= 0.6 is 0 Å². The van der Waals surface area contributed by atoms with Gasteiger partial charge in [-0.15, -0.1) is 0 Å². The van der Waals surface area contributed by atoms with Crippen LogP contribution in [0.15, 0.2) is 0 Å². The van der Waals surface area contributed by atoms with Crippen molar-refractivity contribution in [3.63, 3.8) is 0 Å². The van der Waals surface area contributed by atoms with E-state index in [1.165, 1.54) is 0 Å². The van der Waals surface area contributed by atoms with Gasteiger partial charge in [0.25, 0.3) is 0 Å². The van der Waals surface area contributed by atoms with Crippen molar-refractivity contribution in [3.05, 3.63) is 0 Å². The lowest BCUT2D eigenvalue weighted by atomic mass is 9.87. The van der Waals surface area contributed by atoms with Crippen LogP contribution in [0.4, 0.5) is 0 Å². The van der Waals surface area contributed by atoms with E-state index in [9.17, 15) is 54.3 Å². The number of rotatable bonds is 29. The lowest BCUT2D eigenvalue weighted by Crippen LogP contribution is -2.42. The summed E-state index contributed by atoms with van der Waals surface area (Å²) in [6.07, 6.45) is -3.74. The van der Waals surface area contributed by atoms with Crippen LogP contribution in [0.1, 0.15) is 118 Å². The van der Waals surface area contributed by atoms with E-state index < -0.39 is 116 Å². The van der Waals surface area contributed by atoms with Gasteiger partial charge in [-0.25, -0.2) is 0 Å². The van der Waals surface area contributed by atoms with Gasteiger partial charge in [0.2, 0.25) is 0 Å². The van der Waals surface area contributed by atoms with Crippen LogP contribution in [0, 0.1) is 23.7 Å². The standard InChI is InChI=1S/C34H59NO15/c1-5-6-9-20(3)32(50-31(44)17-23(34(47)48)15-29(41)42)27(49-30(43)16-22(33(45)46)14-28(39)40)13-19(2)12-24(36)10-7-8-11-25(37)18-26(38)21(4)35/h19-27,32,36-38H,5-18,35H2,1-4H3,(H,39,40)(H,41,42)(H,45,46)(H,47,48)/t19?,20?,21-,22?,23?,24?,25+,26-,27?,32?/m0/s1. The number of aliphatic hydroxyl groups excluding tert-OH is 3. The van der Waals surface area contributed by atoms with Crippen LogP contribution in [-0.2, 0) is 38.2 Å². The third-order valence-corrected chi connectivity index (χ3v) is 8.61. The molecule has 0 aromatic rings. The zero-order valence-electron chi connectivity index (χ0n) is 29.6. The molecule has 7 unspecified atom stereocenters. The van der Waals surface area contributed by atoms with Gasteiger partial charge in [-0.1, -0.05) is 46.5 Å². The highest BCUT2D eigenvalue weighted by Crippen LogP contribution is 2.29. The number of hydrogen-bond donors (Lipinski definition) is 8. The van der Waals surface area contributed by atoms with Gasteiger partial charge in [-0.2, -0.15) is 0 Å². The fourth-order valence-electron chi connectivity index (χ4n) is 5.68. The van der Waals surface area contributed by atoms with Crippen LogP contribution in [0.5, 0.6) is 0 Å². The molecule has 10 atom stereocenters. The lowest BCUT2D eigenvalue weighted by Gasteiger charge is -2.33. The fourth-order valence-corrected chi connectivity index (χ4v) is 5.68. The predicted octanol–water partition coefficient (Wildman–Crippen LogP) is 2.56. The molecule has 0 amide bonds. The maximum absolute atomic E-state index is 13.0. The number of nitrogens with two attached hydrogens (primary N) is 1. The van der Waals surface area contributed by atoms with Gasteiger partial charge < -0.3 is 51.0 Å². The van der Waals surface area contributed by atoms with Gasteiger partial charge >= 0.3 is 35.8 Å². The van der Waals surface area contributed by atoms with Crippen molar-refractivity contribution in [2.75, 3.05) is 0 Å². The van der Waals surface area contributed by atoms with Crippen LogP contribution in [0.3, 0.4) is 0 Å². The van der Waals surface area contributed by atoms with E-state index in [0.717, 1.165) is 6.42 Å². The van der Waals surface area contributed by atoms with Crippen molar-refractivity contribution >= 4 is 35.8 Å². The summed E-state index contributed by atoms with van der Waals surface area (Å²) in [6, 6.07) is -0.476. The van der Waals surface area contributed by atoms with E-state index in [-0.39, 0.29) is 25.2 Å². The van der Waals surface area contributed by atoms with Crippen molar-refractivity contribution < 1.29 is 74.0 Å². The topological polar surface area (TPSA) is 289 Å². The molecule has 0 aliphatic rings. The summed E-state index contributed by atoms with van der Waals surface area (Å²) in [5.74, 6) is -12.0. The molecule has 0 aliphatic heterocycles. The molecule has 16 heteroatoms. The molecule has 0 heterocycles. The Morgan fingerprint density at radius 1 is 0.620 bits per heavy atom. The zero-order chi connectivity index (χ0) is 38.6. The van der Waals surface area contributed by atoms with Crippen LogP contribution in [0.25, 0.3) is 0 Å². The zero-order valence-corrected chi connectivity index (χ0v) is 29.6. The Hall–Kier alpha value is -3.34. The van der Waals surface area contributed by atoms with E-state index in [1.807, 2.05) is 6.92 Å². The van der Waals surface area contributed by atoms with Crippen molar-refractivity contribution in [3.8, 4) is 0 Å². The van der Waals surface area contributed by atoms with E-state index in [0.29, 0.717) is 38.5 Å². The molecule has 0 saturated heterocycles. The SMILES string of the molecule is CCCCC(C)C(OC(=O)CC(CC(=O)O)C(=O)O)C(CC(C)CC(O)CCCC[C@@H](O)C[C@H](O)[C@H](C)N)OC(=O)CC(CC(=O)O)C(=O)O. The number of hydrogen-bond acceptors (Lipinski definition) is 12. The first-order chi connectivity index (χ1) is 23.3. The van der Waals surface area contributed by atoms with E-state index in [2.05, 4.69) is 0 Å². The Kier molecular flexibility index (Phi) is 23.1. The van der Waals surface area contributed by atoms with Gasteiger partial charge in [0.15, 0.2) is 0 Å². The maximum atomic E-state index is 13.0. The number of aliphatic carboxylic acids is 4. The Morgan fingerprint density at radius 2 is 1.08 bits per heavy atom. The molecule has 0 aliphatic carbocycles. The number of carbonyl (C=O) groups excluding carboxylic acids is 2. The van der Waals surface area contributed by atoms with Crippen molar-refractivity contribution in [2.24, 2.45) is 29.4 Å². The van der Waals surface area contributed by atoms with E-state index in [1.54, 1.807) is 20.8 Å². The average molecular weight is 722 g/mol. The third-order valence-electron chi connectivity index (χ3n) is 8.61. The number of unbranched alkanes of at least 4 members (excludes halogenated alkanes) is 2. The second-order valence-electron chi connectivity index (χ2n) is 13.6. The van der Waals surface area contributed by atoms with E-state index >= 15 is 0 Å². The average Bonchev–Trinajstić information content (AvgIpc) is 2.99. The highest BCUT2D eigenvalue weighted by atomic mass is 16.6. The predicted molar refractivity (Wildman–Crippen MR) is 178 cm³/mol. The Morgan fingerprint density at radius 3 is 1.50 bits per heavy atom. The number of carboxylic acids is 4. The quantitative estimate of drug-likeness (QED) is 0.0407. The van der Waals surface area contributed by atoms with Crippen molar-refractivity contribution in [1.29, 1.82) is 0 Å². The normalized spacial score (nSPS) is 17.5. The van der Waals surface area contributed by atoms with Gasteiger partial charge in [-0.3, -0.25) is 28.8 Å². The number of carbonyl (C=O) groups is 6. The molecule has 16 nitrogen and oxygen atoms in total. The first-order valence-electron chi connectivity index (χ1n) is 17.3. The molecular formula is C34H59NO15. The highest BCUT2D eigenvalue weighted by molar-refractivity contribution is 5.83. The number of ether oxygens (including phenoxy) is 2. The molecule has 0 fully saturated rings. The summed E-state index contributed by atoms with van der Waals surface area (Å²) in [5, 5.41) is 67.8. The minimum absolute atomic E-state index is 0.0270. The third kappa shape index (κ3) is 21.0. The Balaban J connectivity index is 5.98. The molecule has 50 heavy (non-hydrogen) atoms. The molecule has 290 valence electrons. The smallest absolute Gasteiger partial charge is 0.307 e. The summed E-state index contributed by atoms with van der Waals surface area (Å²) >= 11 is 0. The van der Waals surface area contributed by atoms with Gasteiger partial charge in [-0.05, 0) is 50.9 Å². The van der Waals surface area contributed by atoms with Gasteiger partial charge in [0, 0.05) is 12.5 Å². The van der Waals surface area contributed by atoms with Crippen molar-refractivity contribution in [1.82, 2.24) is 0 Å². The minimum Gasteiger partial charge on any atom is -0.481 e. The van der Waals surface area contributed by atoms with E-state index in [4.69, 9.17) is 25.4 Å². The summed E-state index contributed by atoms with van der Waals surface area (Å²) in [6.45, 7) is 7.06. The number of aliphatic hydroxyl groups is 3. The molecule has 0 radical (unpaired) electrons. The second-order valence-corrected chi connectivity index (χ2v) is 13.6. The first-order valence-corrected chi connectivity index (χ1v) is 17.3. The number of carboxylic acid groups (broad SMARTS) is 4. The molecule has 0 saturated carbocycles. The van der Waals surface area contributed by atoms with Crippen LogP contribution in [-0.4, -0.2) is 108 Å².